The number of benzene rings is 2. The molecular weight excluding hydrogens is 371 g/mol. The van der Waals surface area contributed by atoms with Crippen LogP contribution in [-0.4, -0.2) is 54.2 Å². The lowest BCUT2D eigenvalue weighted by molar-refractivity contribution is 0.291. The summed E-state index contributed by atoms with van der Waals surface area (Å²) < 4.78 is 52.2. The van der Waals surface area contributed by atoms with E-state index in [9.17, 15) is 12.8 Å². The standard InChI is InChI=1S/C19H25FN2O4S/c1-22(2)15(10-14-8-6-5-7-9-14)13-21-27(23,24)19-12-18(26-4)17(25-3)11-16(19)20/h5-9,11-12,15,21H,10,13H2,1-4H3. The summed E-state index contributed by atoms with van der Waals surface area (Å²) in [5.41, 5.74) is 1.09. The Labute approximate surface area is 160 Å². The van der Waals surface area contributed by atoms with Crippen LogP contribution in [0, 0.1) is 5.82 Å². The molecule has 0 aliphatic heterocycles. The molecule has 0 heterocycles. The number of sulfonamides is 1. The molecule has 0 aromatic heterocycles. The number of nitrogens with one attached hydrogen (secondary N) is 1. The van der Waals surface area contributed by atoms with E-state index in [1.54, 1.807) is 0 Å². The van der Waals surface area contributed by atoms with Crippen molar-refractivity contribution in [3.8, 4) is 11.5 Å². The third-order valence-electron chi connectivity index (χ3n) is 4.28. The molecule has 0 spiro atoms. The molecule has 27 heavy (non-hydrogen) atoms. The predicted molar refractivity (Wildman–Crippen MR) is 102 cm³/mol. The molecular formula is C19H25FN2O4S. The first-order valence-corrected chi connectivity index (χ1v) is 9.88. The molecule has 2 aromatic rings. The van der Waals surface area contributed by atoms with Crippen LogP contribution >= 0.6 is 0 Å². The van der Waals surface area contributed by atoms with Gasteiger partial charge in [0.15, 0.2) is 11.5 Å². The summed E-state index contributed by atoms with van der Waals surface area (Å²) in [5, 5.41) is 0. The number of hydrogen-bond acceptors (Lipinski definition) is 5. The van der Waals surface area contributed by atoms with E-state index in [4.69, 9.17) is 9.47 Å². The van der Waals surface area contributed by atoms with Gasteiger partial charge in [0.2, 0.25) is 10.0 Å². The van der Waals surface area contributed by atoms with Crippen LogP contribution in [0.25, 0.3) is 0 Å². The quantitative estimate of drug-likeness (QED) is 0.704. The first-order valence-electron chi connectivity index (χ1n) is 8.40. The number of methoxy groups -OCH3 is 2. The van der Waals surface area contributed by atoms with Crippen molar-refractivity contribution in [3.63, 3.8) is 0 Å². The molecule has 1 atom stereocenters. The van der Waals surface area contributed by atoms with Gasteiger partial charge in [0.25, 0.3) is 0 Å². The van der Waals surface area contributed by atoms with Crippen molar-refractivity contribution in [3.05, 3.63) is 53.8 Å². The van der Waals surface area contributed by atoms with Crippen LogP contribution in [0.5, 0.6) is 11.5 Å². The van der Waals surface area contributed by atoms with Crippen molar-refractivity contribution >= 4 is 10.0 Å². The van der Waals surface area contributed by atoms with E-state index in [0.717, 1.165) is 17.7 Å². The summed E-state index contributed by atoms with van der Waals surface area (Å²) in [6, 6.07) is 11.8. The largest absolute Gasteiger partial charge is 0.493 e. The lowest BCUT2D eigenvalue weighted by atomic mass is 10.1. The van der Waals surface area contributed by atoms with Crippen LogP contribution in [-0.2, 0) is 16.4 Å². The number of nitrogens with zero attached hydrogens (tertiary/aromatic N) is 1. The second-order valence-corrected chi connectivity index (χ2v) is 8.03. The van der Waals surface area contributed by atoms with E-state index in [-0.39, 0.29) is 24.1 Å². The van der Waals surface area contributed by atoms with Crippen LogP contribution < -0.4 is 14.2 Å². The molecule has 6 nitrogen and oxygen atoms in total. The summed E-state index contributed by atoms with van der Waals surface area (Å²) in [7, 11) is 2.41. The van der Waals surface area contributed by atoms with Gasteiger partial charge in [-0.15, -0.1) is 0 Å². The Morgan fingerprint density at radius 2 is 1.67 bits per heavy atom. The minimum absolute atomic E-state index is 0.0922. The van der Waals surface area contributed by atoms with E-state index >= 15 is 0 Å². The zero-order valence-corrected chi connectivity index (χ0v) is 16.7. The first kappa shape index (κ1) is 21.1. The summed E-state index contributed by atoms with van der Waals surface area (Å²) in [6.45, 7) is 0.137. The van der Waals surface area contributed by atoms with E-state index in [0.29, 0.717) is 6.42 Å². The molecule has 0 radical (unpaired) electrons. The second kappa shape index (κ2) is 9.16. The molecule has 148 valence electrons. The average Bonchev–Trinajstić information content (AvgIpc) is 2.65. The summed E-state index contributed by atoms with van der Waals surface area (Å²) in [6.07, 6.45) is 0.658. The van der Waals surface area contributed by atoms with Gasteiger partial charge in [-0.1, -0.05) is 30.3 Å². The van der Waals surface area contributed by atoms with Gasteiger partial charge < -0.3 is 14.4 Å². The molecule has 0 fully saturated rings. The fourth-order valence-corrected chi connectivity index (χ4v) is 3.79. The Balaban J connectivity index is 2.19. The maximum Gasteiger partial charge on any atom is 0.243 e. The smallest absolute Gasteiger partial charge is 0.243 e. The van der Waals surface area contributed by atoms with Gasteiger partial charge in [0, 0.05) is 24.7 Å². The molecule has 0 aliphatic rings. The van der Waals surface area contributed by atoms with E-state index in [1.165, 1.54) is 14.2 Å². The van der Waals surface area contributed by atoms with Crippen LogP contribution in [0.15, 0.2) is 47.4 Å². The molecule has 0 amide bonds. The van der Waals surface area contributed by atoms with Gasteiger partial charge in [0.1, 0.15) is 10.7 Å². The molecule has 2 rings (SSSR count). The highest BCUT2D eigenvalue weighted by molar-refractivity contribution is 7.89. The molecule has 0 aliphatic carbocycles. The second-order valence-electron chi connectivity index (χ2n) is 6.30. The van der Waals surface area contributed by atoms with Crippen LogP contribution in [0.3, 0.4) is 0 Å². The molecule has 8 heteroatoms. The van der Waals surface area contributed by atoms with Crippen molar-refractivity contribution in [2.45, 2.75) is 17.4 Å². The summed E-state index contributed by atoms with van der Waals surface area (Å²) in [5.74, 6) is -0.624. The maximum absolute atomic E-state index is 14.3. The normalized spacial score (nSPS) is 12.8. The van der Waals surface area contributed by atoms with Gasteiger partial charge in [-0.3, -0.25) is 0 Å². The number of hydrogen-bond donors (Lipinski definition) is 1. The lowest BCUT2D eigenvalue weighted by Crippen LogP contribution is -2.41. The SMILES string of the molecule is COc1cc(F)c(S(=O)(=O)NCC(Cc2ccccc2)N(C)C)cc1OC. The topological polar surface area (TPSA) is 67.9 Å². The highest BCUT2D eigenvalue weighted by atomic mass is 32.2. The Kier molecular flexibility index (Phi) is 7.18. The number of rotatable bonds is 9. The van der Waals surface area contributed by atoms with Crippen LogP contribution in [0.1, 0.15) is 5.56 Å². The van der Waals surface area contributed by atoms with E-state index in [1.807, 2.05) is 49.3 Å². The monoisotopic (exact) mass is 396 g/mol. The number of likely N-dealkylation sites (N-methyl/N-ethyl adjacent to an activating group) is 1. The highest BCUT2D eigenvalue weighted by Gasteiger charge is 2.24. The van der Waals surface area contributed by atoms with Crippen molar-refractivity contribution in [2.75, 3.05) is 34.9 Å². The summed E-state index contributed by atoms with van der Waals surface area (Å²) >= 11 is 0. The molecule has 0 saturated carbocycles. The average molecular weight is 396 g/mol. The van der Waals surface area contributed by atoms with E-state index < -0.39 is 20.7 Å². The molecule has 0 bridgehead atoms. The Morgan fingerprint density at radius 1 is 1.07 bits per heavy atom. The minimum Gasteiger partial charge on any atom is -0.493 e. The van der Waals surface area contributed by atoms with Crippen molar-refractivity contribution in [2.24, 2.45) is 0 Å². The fraction of sp³-hybridized carbons (Fsp3) is 0.368. The Morgan fingerprint density at radius 3 is 2.22 bits per heavy atom. The fourth-order valence-electron chi connectivity index (χ4n) is 2.65. The zero-order valence-electron chi connectivity index (χ0n) is 15.9. The van der Waals surface area contributed by atoms with E-state index in [2.05, 4.69) is 4.72 Å². The third kappa shape index (κ3) is 5.41. The van der Waals surface area contributed by atoms with Crippen LogP contribution in [0.4, 0.5) is 4.39 Å². The van der Waals surface area contributed by atoms with Gasteiger partial charge in [-0.05, 0) is 26.1 Å². The van der Waals surface area contributed by atoms with Crippen molar-refractivity contribution in [1.29, 1.82) is 0 Å². The van der Waals surface area contributed by atoms with Crippen molar-refractivity contribution in [1.82, 2.24) is 9.62 Å². The maximum atomic E-state index is 14.3. The third-order valence-corrected chi connectivity index (χ3v) is 5.72. The molecule has 2 aromatic carbocycles. The van der Waals surface area contributed by atoms with Gasteiger partial charge in [-0.25, -0.2) is 17.5 Å². The minimum atomic E-state index is -4.06. The van der Waals surface area contributed by atoms with Gasteiger partial charge >= 0.3 is 0 Å². The summed E-state index contributed by atoms with van der Waals surface area (Å²) in [4.78, 5) is 1.46. The highest BCUT2D eigenvalue weighted by Crippen LogP contribution is 2.31. The predicted octanol–water partition coefficient (Wildman–Crippen LogP) is 2.29. The first-order chi connectivity index (χ1) is 12.8. The lowest BCUT2D eigenvalue weighted by Gasteiger charge is -2.25. The number of ether oxygens (including phenoxy) is 2. The molecule has 0 saturated heterocycles. The zero-order chi connectivity index (χ0) is 20.0. The van der Waals surface area contributed by atoms with Gasteiger partial charge in [0.05, 0.1) is 14.2 Å². The Bertz CT molecular complexity index is 858. The molecule has 1 N–H and O–H groups in total. The van der Waals surface area contributed by atoms with Crippen LogP contribution in [0.2, 0.25) is 0 Å². The Hall–Kier alpha value is -2.16. The van der Waals surface area contributed by atoms with Crippen molar-refractivity contribution < 1.29 is 22.3 Å². The number of halogens is 1. The van der Waals surface area contributed by atoms with Gasteiger partial charge in [-0.2, -0.15) is 0 Å². The molecule has 1 unspecified atom stereocenters.